The number of aromatic nitrogens is 2. The number of hydrogen-bond acceptors (Lipinski definition) is 4. The van der Waals surface area contributed by atoms with Gasteiger partial charge in [0.05, 0.1) is 23.9 Å². The molecule has 0 N–H and O–H groups in total. The molecule has 0 radical (unpaired) electrons. The molecule has 4 nitrogen and oxygen atoms in total. The molecule has 0 aliphatic carbocycles. The Bertz CT molecular complexity index is 348. The van der Waals surface area contributed by atoms with Crippen LogP contribution in [0.1, 0.15) is 19.0 Å². The van der Waals surface area contributed by atoms with Crippen LogP contribution in [0.4, 0.5) is 5.82 Å². The lowest BCUT2D eigenvalue weighted by atomic mass is 10.3. The maximum Gasteiger partial charge on any atom is 0.147 e. The van der Waals surface area contributed by atoms with E-state index in [1.807, 2.05) is 0 Å². The van der Waals surface area contributed by atoms with Gasteiger partial charge in [0.25, 0.3) is 0 Å². The Morgan fingerprint density at radius 2 is 2.44 bits per heavy atom. The Morgan fingerprint density at radius 1 is 1.56 bits per heavy atom. The summed E-state index contributed by atoms with van der Waals surface area (Å²) in [6.45, 7) is 4.72. The van der Waals surface area contributed by atoms with Gasteiger partial charge < -0.3 is 9.64 Å². The SMILES string of the molecule is CC1CN(c2cncc(CCl)n2)CCCO1. The molecule has 0 saturated carbocycles. The average Bonchev–Trinajstić information content (AvgIpc) is 2.54. The molecule has 1 unspecified atom stereocenters. The van der Waals surface area contributed by atoms with Crippen LogP contribution < -0.4 is 4.90 Å². The molecule has 1 atom stereocenters. The fraction of sp³-hybridized carbons (Fsp3) is 0.636. The van der Waals surface area contributed by atoms with Gasteiger partial charge in [0, 0.05) is 25.9 Å². The smallest absolute Gasteiger partial charge is 0.147 e. The van der Waals surface area contributed by atoms with Gasteiger partial charge in [0.1, 0.15) is 5.82 Å². The number of halogens is 1. The minimum Gasteiger partial charge on any atom is -0.377 e. The van der Waals surface area contributed by atoms with Crippen LogP contribution in [0.5, 0.6) is 0 Å². The summed E-state index contributed by atoms with van der Waals surface area (Å²) in [6, 6.07) is 0. The van der Waals surface area contributed by atoms with Crippen molar-refractivity contribution >= 4 is 17.4 Å². The molecule has 0 amide bonds. The molecule has 16 heavy (non-hydrogen) atoms. The highest BCUT2D eigenvalue weighted by Crippen LogP contribution is 2.15. The van der Waals surface area contributed by atoms with E-state index in [1.54, 1.807) is 12.4 Å². The third-order valence-corrected chi connectivity index (χ3v) is 2.86. The summed E-state index contributed by atoms with van der Waals surface area (Å²) in [5.41, 5.74) is 0.817. The highest BCUT2D eigenvalue weighted by molar-refractivity contribution is 6.16. The second-order valence-electron chi connectivity index (χ2n) is 3.98. The first-order chi connectivity index (χ1) is 7.79. The first kappa shape index (κ1) is 11.6. The lowest BCUT2D eigenvalue weighted by molar-refractivity contribution is 0.0820. The summed E-state index contributed by atoms with van der Waals surface area (Å²) in [5, 5.41) is 0. The molecule has 0 bridgehead atoms. The van der Waals surface area contributed by atoms with Crippen LogP contribution in [0.3, 0.4) is 0 Å². The standard InChI is InChI=1S/C11H16ClN3O/c1-9-8-15(3-2-4-16-9)11-7-13-6-10(5-12)14-11/h6-7,9H,2-5,8H2,1H3. The number of nitrogens with zero attached hydrogens (tertiary/aromatic N) is 3. The van der Waals surface area contributed by atoms with Crippen molar-refractivity contribution in [3.8, 4) is 0 Å². The molecule has 1 aromatic heterocycles. The summed E-state index contributed by atoms with van der Waals surface area (Å²) < 4.78 is 5.60. The summed E-state index contributed by atoms with van der Waals surface area (Å²) >= 11 is 5.75. The normalized spacial score (nSPS) is 21.9. The lowest BCUT2D eigenvalue weighted by Gasteiger charge is -2.22. The van der Waals surface area contributed by atoms with E-state index < -0.39 is 0 Å². The Kier molecular flexibility index (Phi) is 3.96. The number of anilines is 1. The number of ether oxygens (including phenoxy) is 1. The molecule has 5 heteroatoms. The Labute approximate surface area is 101 Å². The molecular weight excluding hydrogens is 226 g/mol. The van der Waals surface area contributed by atoms with Crippen molar-refractivity contribution in [3.63, 3.8) is 0 Å². The van der Waals surface area contributed by atoms with Gasteiger partial charge in [-0.3, -0.25) is 4.98 Å². The molecule has 2 rings (SSSR count). The van der Waals surface area contributed by atoms with Crippen molar-refractivity contribution in [1.29, 1.82) is 0 Å². The molecule has 0 spiro atoms. The van der Waals surface area contributed by atoms with Crippen LogP contribution in [0.25, 0.3) is 0 Å². The largest absolute Gasteiger partial charge is 0.377 e. The van der Waals surface area contributed by atoms with E-state index in [0.717, 1.165) is 37.6 Å². The van der Waals surface area contributed by atoms with E-state index in [1.165, 1.54) is 0 Å². The van der Waals surface area contributed by atoms with Crippen LogP contribution in [0.15, 0.2) is 12.4 Å². The lowest BCUT2D eigenvalue weighted by Crippen LogP contribution is -2.31. The fourth-order valence-corrected chi connectivity index (χ4v) is 1.94. The predicted molar refractivity (Wildman–Crippen MR) is 63.8 cm³/mol. The maximum absolute atomic E-state index is 5.75. The zero-order chi connectivity index (χ0) is 11.4. The monoisotopic (exact) mass is 241 g/mol. The summed E-state index contributed by atoms with van der Waals surface area (Å²) in [4.78, 5) is 10.8. The van der Waals surface area contributed by atoms with Gasteiger partial charge in [-0.1, -0.05) is 0 Å². The van der Waals surface area contributed by atoms with Gasteiger partial charge in [-0.05, 0) is 13.3 Å². The quantitative estimate of drug-likeness (QED) is 0.741. The first-order valence-electron chi connectivity index (χ1n) is 5.53. The Balaban J connectivity index is 2.14. The highest BCUT2D eigenvalue weighted by atomic mass is 35.5. The molecule has 1 saturated heterocycles. The van der Waals surface area contributed by atoms with Crippen molar-refractivity contribution in [2.45, 2.75) is 25.3 Å². The maximum atomic E-state index is 5.75. The zero-order valence-electron chi connectivity index (χ0n) is 9.40. The molecule has 1 aromatic rings. The molecule has 1 aliphatic rings. The van der Waals surface area contributed by atoms with E-state index in [9.17, 15) is 0 Å². The van der Waals surface area contributed by atoms with Gasteiger partial charge in [0.2, 0.25) is 0 Å². The average molecular weight is 242 g/mol. The second kappa shape index (κ2) is 5.46. The van der Waals surface area contributed by atoms with Gasteiger partial charge in [0.15, 0.2) is 0 Å². The molecule has 2 heterocycles. The van der Waals surface area contributed by atoms with Crippen LogP contribution in [-0.4, -0.2) is 35.8 Å². The van der Waals surface area contributed by atoms with Gasteiger partial charge >= 0.3 is 0 Å². The molecule has 88 valence electrons. The van der Waals surface area contributed by atoms with Crippen LogP contribution >= 0.6 is 11.6 Å². The summed E-state index contributed by atoms with van der Waals surface area (Å²) in [5.74, 6) is 1.30. The minimum atomic E-state index is 0.240. The zero-order valence-corrected chi connectivity index (χ0v) is 10.2. The number of rotatable bonds is 2. The fourth-order valence-electron chi connectivity index (χ4n) is 1.81. The second-order valence-corrected chi connectivity index (χ2v) is 4.25. The molecular formula is C11H16ClN3O. The van der Waals surface area contributed by atoms with Crippen LogP contribution in [0, 0.1) is 0 Å². The topological polar surface area (TPSA) is 38.2 Å². The third kappa shape index (κ3) is 2.83. The van der Waals surface area contributed by atoms with Crippen molar-refractivity contribution in [2.24, 2.45) is 0 Å². The summed E-state index contributed by atoms with van der Waals surface area (Å²) in [6.07, 6.45) is 4.75. The van der Waals surface area contributed by atoms with E-state index in [4.69, 9.17) is 16.3 Å². The Morgan fingerprint density at radius 3 is 3.25 bits per heavy atom. The van der Waals surface area contributed by atoms with E-state index in [-0.39, 0.29) is 6.10 Å². The van der Waals surface area contributed by atoms with Crippen LogP contribution in [-0.2, 0) is 10.6 Å². The molecule has 1 fully saturated rings. The summed E-state index contributed by atoms with van der Waals surface area (Å²) in [7, 11) is 0. The third-order valence-electron chi connectivity index (χ3n) is 2.58. The molecule has 0 aromatic carbocycles. The van der Waals surface area contributed by atoms with E-state index >= 15 is 0 Å². The molecule has 1 aliphatic heterocycles. The minimum absolute atomic E-state index is 0.240. The Hall–Kier alpha value is -0.870. The van der Waals surface area contributed by atoms with Crippen LogP contribution in [0.2, 0.25) is 0 Å². The van der Waals surface area contributed by atoms with E-state index in [0.29, 0.717) is 5.88 Å². The van der Waals surface area contributed by atoms with Crippen molar-refractivity contribution in [2.75, 3.05) is 24.6 Å². The van der Waals surface area contributed by atoms with Gasteiger partial charge in [-0.15, -0.1) is 11.6 Å². The van der Waals surface area contributed by atoms with Crippen molar-refractivity contribution in [3.05, 3.63) is 18.1 Å². The van der Waals surface area contributed by atoms with Crippen molar-refractivity contribution in [1.82, 2.24) is 9.97 Å². The highest BCUT2D eigenvalue weighted by Gasteiger charge is 2.16. The predicted octanol–water partition coefficient (Wildman–Crippen LogP) is 1.83. The van der Waals surface area contributed by atoms with E-state index in [2.05, 4.69) is 21.8 Å². The number of hydrogen-bond donors (Lipinski definition) is 0. The van der Waals surface area contributed by atoms with Crippen molar-refractivity contribution < 1.29 is 4.74 Å². The van der Waals surface area contributed by atoms with Gasteiger partial charge in [-0.2, -0.15) is 0 Å². The number of alkyl halides is 1. The van der Waals surface area contributed by atoms with Gasteiger partial charge in [-0.25, -0.2) is 4.98 Å². The first-order valence-corrected chi connectivity index (χ1v) is 6.06.